The lowest BCUT2D eigenvalue weighted by Crippen LogP contribution is -2.50. The van der Waals surface area contributed by atoms with E-state index in [0.29, 0.717) is 0 Å². The van der Waals surface area contributed by atoms with E-state index in [9.17, 15) is 4.79 Å². The molecule has 0 saturated carbocycles. The maximum atomic E-state index is 12.4. The summed E-state index contributed by atoms with van der Waals surface area (Å²) in [5, 5.41) is 3.05. The molecule has 2 aliphatic rings. The molecule has 3 heteroatoms. The van der Waals surface area contributed by atoms with E-state index >= 15 is 0 Å². The van der Waals surface area contributed by atoms with Crippen LogP contribution in [0.3, 0.4) is 0 Å². The van der Waals surface area contributed by atoms with E-state index in [1.807, 2.05) is 18.2 Å². The third-order valence-electron chi connectivity index (χ3n) is 4.24. The second-order valence-corrected chi connectivity index (χ2v) is 5.46. The molecule has 3 rings (SSSR count). The van der Waals surface area contributed by atoms with Gasteiger partial charge in [-0.05, 0) is 44.0 Å². The normalized spacial score (nSPS) is 27.3. The van der Waals surface area contributed by atoms with Crippen LogP contribution in [-0.4, -0.2) is 30.4 Å². The van der Waals surface area contributed by atoms with Crippen molar-refractivity contribution in [2.45, 2.75) is 31.6 Å². The van der Waals surface area contributed by atoms with E-state index in [2.05, 4.69) is 23.2 Å². The molecule has 1 saturated heterocycles. The van der Waals surface area contributed by atoms with E-state index in [0.717, 1.165) is 44.6 Å². The zero-order valence-electron chi connectivity index (χ0n) is 10.9. The number of nitrogens with one attached hydrogen (secondary N) is 1. The van der Waals surface area contributed by atoms with Gasteiger partial charge in [0.1, 0.15) is 0 Å². The zero-order chi connectivity index (χ0) is 12.6. The van der Waals surface area contributed by atoms with Crippen molar-refractivity contribution in [1.82, 2.24) is 4.90 Å². The zero-order valence-corrected chi connectivity index (χ0v) is 10.9. The van der Waals surface area contributed by atoms with Crippen LogP contribution in [0.2, 0.25) is 0 Å². The number of anilines is 1. The SMILES string of the molecule is CCCN1CCC[C@@]2(C1)C(=O)Nc1ccccc12. The van der Waals surface area contributed by atoms with Gasteiger partial charge in [-0.3, -0.25) is 4.79 Å². The number of rotatable bonds is 2. The minimum Gasteiger partial charge on any atom is -0.325 e. The van der Waals surface area contributed by atoms with Gasteiger partial charge < -0.3 is 10.2 Å². The number of piperidine rings is 1. The number of hydrogen-bond acceptors (Lipinski definition) is 2. The maximum absolute atomic E-state index is 12.4. The van der Waals surface area contributed by atoms with Gasteiger partial charge in [0.05, 0.1) is 5.41 Å². The van der Waals surface area contributed by atoms with Crippen molar-refractivity contribution < 1.29 is 4.79 Å². The molecule has 1 amide bonds. The quantitative estimate of drug-likeness (QED) is 0.866. The predicted molar refractivity (Wildman–Crippen MR) is 72.7 cm³/mol. The molecule has 0 bridgehead atoms. The number of para-hydroxylation sites is 1. The number of benzene rings is 1. The average Bonchev–Trinajstić information content (AvgIpc) is 2.64. The summed E-state index contributed by atoms with van der Waals surface area (Å²) in [6.45, 7) is 5.30. The van der Waals surface area contributed by atoms with Gasteiger partial charge in [0.15, 0.2) is 0 Å². The van der Waals surface area contributed by atoms with Gasteiger partial charge in [-0.2, -0.15) is 0 Å². The number of fused-ring (bicyclic) bond motifs is 2. The summed E-state index contributed by atoms with van der Waals surface area (Å²) >= 11 is 0. The van der Waals surface area contributed by atoms with Crippen LogP contribution in [0.4, 0.5) is 5.69 Å². The van der Waals surface area contributed by atoms with Crippen LogP contribution in [0, 0.1) is 0 Å². The molecule has 1 N–H and O–H groups in total. The predicted octanol–water partition coefficient (Wildman–Crippen LogP) is 2.38. The summed E-state index contributed by atoms with van der Waals surface area (Å²) in [4.78, 5) is 14.9. The standard InChI is InChI=1S/C15H20N2O/c1-2-9-17-10-5-8-15(11-17)12-6-3-4-7-13(12)16-14(15)18/h3-4,6-7H,2,5,8-11H2,1H3,(H,16,18)/t15-/m0/s1. The fraction of sp³-hybridized carbons (Fsp3) is 0.533. The third kappa shape index (κ3) is 1.65. The van der Waals surface area contributed by atoms with Crippen molar-refractivity contribution in [2.24, 2.45) is 0 Å². The molecule has 18 heavy (non-hydrogen) atoms. The molecule has 2 heterocycles. The fourth-order valence-corrected chi connectivity index (χ4v) is 3.43. The second kappa shape index (κ2) is 4.39. The summed E-state index contributed by atoms with van der Waals surface area (Å²) < 4.78 is 0. The highest BCUT2D eigenvalue weighted by Gasteiger charge is 2.48. The lowest BCUT2D eigenvalue weighted by Gasteiger charge is -2.39. The topological polar surface area (TPSA) is 32.3 Å². The Hall–Kier alpha value is -1.35. The number of likely N-dealkylation sites (tertiary alicyclic amines) is 1. The lowest BCUT2D eigenvalue weighted by molar-refractivity contribution is -0.122. The minimum atomic E-state index is -0.288. The molecule has 1 aromatic carbocycles. The maximum Gasteiger partial charge on any atom is 0.236 e. The Labute approximate surface area is 108 Å². The van der Waals surface area contributed by atoms with Crippen LogP contribution in [-0.2, 0) is 10.2 Å². The highest BCUT2D eigenvalue weighted by molar-refractivity contribution is 6.06. The van der Waals surface area contributed by atoms with Crippen molar-refractivity contribution >= 4 is 11.6 Å². The van der Waals surface area contributed by atoms with Gasteiger partial charge in [0, 0.05) is 12.2 Å². The molecule has 3 nitrogen and oxygen atoms in total. The first kappa shape index (κ1) is 11.7. The van der Waals surface area contributed by atoms with E-state index in [1.165, 1.54) is 5.56 Å². The first-order valence-electron chi connectivity index (χ1n) is 6.89. The Bertz CT molecular complexity index is 469. The smallest absolute Gasteiger partial charge is 0.236 e. The number of carbonyl (C=O) groups excluding carboxylic acids is 1. The van der Waals surface area contributed by atoms with Crippen LogP contribution < -0.4 is 5.32 Å². The molecule has 96 valence electrons. The minimum absolute atomic E-state index is 0.199. The lowest BCUT2D eigenvalue weighted by atomic mass is 9.75. The molecule has 1 fully saturated rings. The van der Waals surface area contributed by atoms with Crippen molar-refractivity contribution in [1.29, 1.82) is 0 Å². The molecular weight excluding hydrogens is 224 g/mol. The Balaban J connectivity index is 1.96. The van der Waals surface area contributed by atoms with E-state index < -0.39 is 0 Å². The van der Waals surface area contributed by atoms with E-state index in [1.54, 1.807) is 0 Å². The second-order valence-electron chi connectivity index (χ2n) is 5.46. The van der Waals surface area contributed by atoms with E-state index in [4.69, 9.17) is 0 Å². The number of amides is 1. The number of hydrogen-bond donors (Lipinski definition) is 1. The Morgan fingerprint density at radius 1 is 1.39 bits per heavy atom. The van der Waals surface area contributed by atoms with Crippen LogP contribution in [0.1, 0.15) is 31.7 Å². The molecule has 2 aliphatic heterocycles. The molecule has 0 unspecified atom stereocenters. The summed E-state index contributed by atoms with van der Waals surface area (Å²) in [7, 11) is 0. The molecule has 1 atom stereocenters. The number of carbonyl (C=O) groups is 1. The highest BCUT2D eigenvalue weighted by atomic mass is 16.2. The largest absolute Gasteiger partial charge is 0.325 e. The Kier molecular flexibility index (Phi) is 2.86. The summed E-state index contributed by atoms with van der Waals surface area (Å²) in [6.07, 6.45) is 3.25. The summed E-state index contributed by atoms with van der Waals surface area (Å²) in [5.74, 6) is 0.199. The van der Waals surface area contributed by atoms with Crippen LogP contribution in [0.5, 0.6) is 0 Å². The van der Waals surface area contributed by atoms with Crippen LogP contribution in [0.25, 0.3) is 0 Å². The highest BCUT2D eigenvalue weighted by Crippen LogP contribution is 2.43. The molecule has 0 aromatic heterocycles. The van der Waals surface area contributed by atoms with Gasteiger partial charge in [-0.1, -0.05) is 25.1 Å². The van der Waals surface area contributed by atoms with Gasteiger partial charge in [0.2, 0.25) is 5.91 Å². The summed E-state index contributed by atoms with van der Waals surface area (Å²) in [6, 6.07) is 8.16. The van der Waals surface area contributed by atoms with Crippen molar-refractivity contribution in [2.75, 3.05) is 25.0 Å². The first-order valence-corrected chi connectivity index (χ1v) is 6.89. The van der Waals surface area contributed by atoms with E-state index in [-0.39, 0.29) is 11.3 Å². The van der Waals surface area contributed by atoms with Crippen molar-refractivity contribution in [3.8, 4) is 0 Å². The van der Waals surface area contributed by atoms with Crippen molar-refractivity contribution in [3.05, 3.63) is 29.8 Å². The van der Waals surface area contributed by atoms with Gasteiger partial charge >= 0.3 is 0 Å². The first-order chi connectivity index (χ1) is 8.76. The molecular formula is C15H20N2O. The van der Waals surface area contributed by atoms with Crippen LogP contribution >= 0.6 is 0 Å². The van der Waals surface area contributed by atoms with Crippen molar-refractivity contribution in [3.63, 3.8) is 0 Å². The number of nitrogens with zero attached hydrogens (tertiary/aromatic N) is 1. The molecule has 1 aromatic rings. The molecule has 0 radical (unpaired) electrons. The Morgan fingerprint density at radius 3 is 3.06 bits per heavy atom. The molecule has 0 aliphatic carbocycles. The average molecular weight is 244 g/mol. The third-order valence-corrected chi connectivity index (χ3v) is 4.24. The van der Waals surface area contributed by atoms with Gasteiger partial charge in [-0.25, -0.2) is 0 Å². The fourth-order valence-electron chi connectivity index (χ4n) is 3.43. The van der Waals surface area contributed by atoms with Crippen LogP contribution in [0.15, 0.2) is 24.3 Å². The molecule has 1 spiro atoms. The van der Waals surface area contributed by atoms with Gasteiger partial charge in [-0.15, -0.1) is 0 Å². The Morgan fingerprint density at radius 2 is 2.22 bits per heavy atom. The monoisotopic (exact) mass is 244 g/mol. The summed E-state index contributed by atoms with van der Waals surface area (Å²) in [5.41, 5.74) is 1.93. The van der Waals surface area contributed by atoms with Gasteiger partial charge in [0.25, 0.3) is 0 Å².